The first kappa shape index (κ1) is 11.4. The number of aliphatic hydroxyl groups excluding tert-OH is 1. The average Bonchev–Trinajstić information content (AvgIpc) is 2.02. The van der Waals surface area contributed by atoms with Crippen LogP contribution in [0.15, 0.2) is 0 Å². The molecule has 0 radical (unpaired) electrons. The SMILES string of the molecule is CCN(CC(=O)O)CC(C)CO. The van der Waals surface area contributed by atoms with Gasteiger partial charge in [0.2, 0.25) is 0 Å². The third-order valence-electron chi connectivity index (χ3n) is 1.69. The highest BCUT2D eigenvalue weighted by Crippen LogP contribution is 1.97. The lowest BCUT2D eigenvalue weighted by atomic mass is 10.2. The van der Waals surface area contributed by atoms with Gasteiger partial charge >= 0.3 is 5.97 Å². The Morgan fingerprint density at radius 1 is 1.58 bits per heavy atom. The van der Waals surface area contributed by atoms with E-state index >= 15 is 0 Å². The Labute approximate surface area is 72.8 Å². The first-order chi connectivity index (χ1) is 5.60. The van der Waals surface area contributed by atoms with E-state index in [9.17, 15) is 4.79 Å². The molecule has 0 aliphatic rings. The Kier molecular flexibility index (Phi) is 5.66. The largest absolute Gasteiger partial charge is 0.480 e. The minimum Gasteiger partial charge on any atom is -0.480 e. The van der Waals surface area contributed by atoms with Gasteiger partial charge < -0.3 is 10.2 Å². The van der Waals surface area contributed by atoms with Gasteiger partial charge in [0.05, 0.1) is 6.54 Å². The summed E-state index contributed by atoms with van der Waals surface area (Å²) in [5, 5.41) is 17.2. The molecule has 0 aromatic rings. The van der Waals surface area contributed by atoms with Crippen LogP contribution in [-0.2, 0) is 4.79 Å². The second-order valence-electron chi connectivity index (χ2n) is 3.01. The van der Waals surface area contributed by atoms with Gasteiger partial charge in [0.25, 0.3) is 0 Å². The number of aliphatic carboxylic acids is 1. The number of aliphatic hydroxyl groups is 1. The van der Waals surface area contributed by atoms with Crippen LogP contribution in [0, 0.1) is 5.92 Å². The van der Waals surface area contributed by atoms with Crippen LogP contribution >= 0.6 is 0 Å². The van der Waals surface area contributed by atoms with Crippen molar-refractivity contribution in [3.8, 4) is 0 Å². The Morgan fingerprint density at radius 3 is 2.50 bits per heavy atom. The fourth-order valence-corrected chi connectivity index (χ4v) is 0.995. The molecule has 0 saturated heterocycles. The van der Waals surface area contributed by atoms with Crippen molar-refractivity contribution in [2.24, 2.45) is 5.92 Å². The summed E-state index contributed by atoms with van der Waals surface area (Å²) in [5.74, 6) is -0.675. The molecular formula is C8H17NO3. The lowest BCUT2D eigenvalue weighted by Gasteiger charge is -2.20. The van der Waals surface area contributed by atoms with Crippen molar-refractivity contribution >= 4 is 5.97 Å². The Morgan fingerprint density at radius 2 is 2.17 bits per heavy atom. The minimum atomic E-state index is -0.818. The number of likely N-dealkylation sites (N-methyl/N-ethyl adjacent to an activating group) is 1. The molecule has 0 spiro atoms. The van der Waals surface area contributed by atoms with E-state index in [4.69, 9.17) is 10.2 Å². The third kappa shape index (κ3) is 5.09. The van der Waals surface area contributed by atoms with Gasteiger partial charge in [0.1, 0.15) is 0 Å². The summed E-state index contributed by atoms with van der Waals surface area (Å²) in [5.41, 5.74) is 0. The molecule has 1 atom stereocenters. The summed E-state index contributed by atoms with van der Waals surface area (Å²) in [6.07, 6.45) is 0. The third-order valence-corrected chi connectivity index (χ3v) is 1.69. The first-order valence-corrected chi connectivity index (χ1v) is 4.15. The number of carboxylic acids is 1. The number of carboxylic acid groups (broad SMARTS) is 1. The quantitative estimate of drug-likeness (QED) is 0.597. The number of rotatable bonds is 6. The highest BCUT2D eigenvalue weighted by atomic mass is 16.4. The van der Waals surface area contributed by atoms with E-state index in [1.165, 1.54) is 0 Å². The predicted molar refractivity (Wildman–Crippen MR) is 46.0 cm³/mol. The molecule has 1 unspecified atom stereocenters. The lowest BCUT2D eigenvalue weighted by Crippen LogP contribution is -2.34. The Balaban J connectivity index is 3.74. The fourth-order valence-electron chi connectivity index (χ4n) is 0.995. The summed E-state index contributed by atoms with van der Waals surface area (Å²) in [6, 6.07) is 0. The van der Waals surface area contributed by atoms with Crippen LogP contribution < -0.4 is 0 Å². The van der Waals surface area contributed by atoms with Gasteiger partial charge in [-0.25, -0.2) is 0 Å². The molecule has 0 saturated carbocycles. The predicted octanol–water partition coefficient (Wildman–Crippen LogP) is 0.0213. The van der Waals surface area contributed by atoms with Gasteiger partial charge in [0.15, 0.2) is 0 Å². The second-order valence-corrected chi connectivity index (χ2v) is 3.01. The molecule has 4 nitrogen and oxygen atoms in total. The van der Waals surface area contributed by atoms with Crippen molar-refractivity contribution in [2.75, 3.05) is 26.2 Å². The molecule has 12 heavy (non-hydrogen) atoms. The molecular weight excluding hydrogens is 158 g/mol. The molecule has 0 fully saturated rings. The second kappa shape index (κ2) is 5.97. The van der Waals surface area contributed by atoms with Crippen LogP contribution in [0.4, 0.5) is 0 Å². The van der Waals surface area contributed by atoms with E-state index in [1.54, 1.807) is 4.90 Å². The van der Waals surface area contributed by atoms with Crippen molar-refractivity contribution in [3.05, 3.63) is 0 Å². The van der Waals surface area contributed by atoms with E-state index in [0.29, 0.717) is 13.1 Å². The standard InChI is InChI=1S/C8H17NO3/c1-3-9(5-8(11)12)4-7(2)6-10/h7,10H,3-6H2,1-2H3,(H,11,12). The molecule has 4 heteroatoms. The molecule has 0 aliphatic carbocycles. The van der Waals surface area contributed by atoms with Crippen molar-refractivity contribution in [1.82, 2.24) is 4.90 Å². The van der Waals surface area contributed by atoms with E-state index < -0.39 is 5.97 Å². The van der Waals surface area contributed by atoms with Crippen molar-refractivity contribution in [3.63, 3.8) is 0 Å². The fraction of sp³-hybridized carbons (Fsp3) is 0.875. The van der Waals surface area contributed by atoms with Gasteiger partial charge in [0, 0.05) is 13.2 Å². The van der Waals surface area contributed by atoms with E-state index in [0.717, 1.165) is 0 Å². The zero-order valence-corrected chi connectivity index (χ0v) is 7.66. The van der Waals surface area contributed by atoms with Crippen molar-refractivity contribution in [2.45, 2.75) is 13.8 Å². The monoisotopic (exact) mass is 175 g/mol. The maximum absolute atomic E-state index is 10.3. The first-order valence-electron chi connectivity index (χ1n) is 4.15. The molecule has 0 aromatic carbocycles. The normalized spacial score (nSPS) is 13.3. The minimum absolute atomic E-state index is 0.0564. The maximum atomic E-state index is 10.3. The highest BCUT2D eigenvalue weighted by molar-refractivity contribution is 5.69. The molecule has 72 valence electrons. The van der Waals surface area contributed by atoms with Gasteiger partial charge in [-0.1, -0.05) is 13.8 Å². The molecule has 0 amide bonds. The zero-order chi connectivity index (χ0) is 9.56. The van der Waals surface area contributed by atoms with Crippen molar-refractivity contribution < 1.29 is 15.0 Å². The van der Waals surface area contributed by atoms with Crippen molar-refractivity contribution in [1.29, 1.82) is 0 Å². The summed E-state index contributed by atoms with van der Waals surface area (Å²) < 4.78 is 0. The van der Waals surface area contributed by atoms with Gasteiger partial charge in [-0.3, -0.25) is 9.69 Å². The number of hydrogen-bond acceptors (Lipinski definition) is 3. The van der Waals surface area contributed by atoms with Crippen LogP contribution in [-0.4, -0.2) is 47.3 Å². The Hall–Kier alpha value is -0.610. The van der Waals surface area contributed by atoms with Crippen LogP contribution in [0.2, 0.25) is 0 Å². The molecule has 0 aromatic heterocycles. The van der Waals surface area contributed by atoms with Crippen LogP contribution in [0.1, 0.15) is 13.8 Å². The molecule has 0 aliphatic heterocycles. The van der Waals surface area contributed by atoms with Crippen LogP contribution in [0.5, 0.6) is 0 Å². The van der Waals surface area contributed by atoms with Gasteiger partial charge in [-0.05, 0) is 12.5 Å². The van der Waals surface area contributed by atoms with Gasteiger partial charge in [-0.2, -0.15) is 0 Å². The van der Waals surface area contributed by atoms with Crippen LogP contribution in [0.3, 0.4) is 0 Å². The van der Waals surface area contributed by atoms with E-state index in [-0.39, 0.29) is 19.1 Å². The van der Waals surface area contributed by atoms with Crippen LogP contribution in [0.25, 0.3) is 0 Å². The zero-order valence-electron chi connectivity index (χ0n) is 7.66. The highest BCUT2D eigenvalue weighted by Gasteiger charge is 2.10. The summed E-state index contributed by atoms with van der Waals surface area (Å²) >= 11 is 0. The molecule has 0 bridgehead atoms. The topological polar surface area (TPSA) is 60.8 Å². The summed E-state index contributed by atoms with van der Waals surface area (Å²) in [4.78, 5) is 12.1. The Bertz CT molecular complexity index is 138. The molecule has 0 heterocycles. The number of carbonyl (C=O) groups is 1. The molecule has 2 N–H and O–H groups in total. The van der Waals surface area contributed by atoms with E-state index in [1.807, 2.05) is 13.8 Å². The number of nitrogens with zero attached hydrogens (tertiary/aromatic N) is 1. The number of hydrogen-bond donors (Lipinski definition) is 2. The maximum Gasteiger partial charge on any atom is 0.317 e. The van der Waals surface area contributed by atoms with E-state index in [2.05, 4.69) is 0 Å². The van der Waals surface area contributed by atoms with Gasteiger partial charge in [-0.15, -0.1) is 0 Å². The average molecular weight is 175 g/mol. The lowest BCUT2D eigenvalue weighted by molar-refractivity contribution is -0.138. The summed E-state index contributed by atoms with van der Waals surface area (Å²) in [7, 11) is 0. The smallest absolute Gasteiger partial charge is 0.317 e. The molecule has 0 rings (SSSR count). The summed E-state index contributed by atoms with van der Waals surface area (Å²) in [6.45, 7) is 5.31.